The summed E-state index contributed by atoms with van der Waals surface area (Å²) in [5.74, 6) is 1.64. The molecule has 0 bridgehead atoms. The van der Waals surface area contributed by atoms with Crippen LogP contribution in [0, 0.1) is 0 Å². The Labute approximate surface area is 193 Å². The maximum absolute atomic E-state index is 6.14. The molecule has 2 aromatic heterocycles. The molecular weight excluding hydrogens is 427 g/mol. The molecule has 31 heavy (non-hydrogen) atoms. The molecule has 3 aromatic rings. The molecule has 2 aliphatic rings. The van der Waals surface area contributed by atoms with Crippen molar-refractivity contribution in [2.45, 2.75) is 57.5 Å². The summed E-state index contributed by atoms with van der Waals surface area (Å²) in [6.07, 6.45) is 11.5. The van der Waals surface area contributed by atoms with E-state index < -0.39 is 0 Å². The van der Waals surface area contributed by atoms with E-state index in [4.69, 9.17) is 33.2 Å². The van der Waals surface area contributed by atoms with Crippen molar-refractivity contribution < 1.29 is 0 Å². The number of hydrogen-bond acceptors (Lipinski definition) is 4. The lowest BCUT2D eigenvalue weighted by Crippen LogP contribution is -2.31. The first-order valence-corrected chi connectivity index (χ1v) is 11.9. The van der Waals surface area contributed by atoms with Gasteiger partial charge in [0.2, 0.25) is 0 Å². The molecule has 1 fully saturated rings. The lowest BCUT2D eigenvalue weighted by molar-refractivity contribution is 0.242. The van der Waals surface area contributed by atoms with Crippen LogP contribution in [0.3, 0.4) is 0 Å². The Balaban J connectivity index is 1.24. The largest absolute Gasteiger partial charge is 0.294 e. The van der Waals surface area contributed by atoms with Crippen LogP contribution in [0.2, 0.25) is 10.0 Å². The zero-order chi connectivity index (χ0) is 21.2. The van der Waals surface area contributed by atoms with E-state index >= 15 is 0 Å². The van der Waals surface area contributed by atoms with Gasteiger partial charge >= 0.3 is 0 Å². The molecule has 4 nitrogen and oxygen atoms in total. The third-order valence-electron chi connectivity index (χ3n) is 6.45. The minimum Gasteiger partial charge on any atom is -0.294 e. The van der Waals surface area contributed by atoms with Crippen LogP contribution in [0.5, 0.6) is 0 Å². The number of hydrogen-bond donors (Lipinski definition) is 0. The monoisotopic (exact) mass is 452 g/mol. The van der Waals surface area contributed by atoms with E-state index in [0.717, 1.165) is 43.1 Å². The fourth-order valence-corrected chi connectivity index (χ4v) is 4.98. The van der Waals surface area contributed by atoms with E-state index in [1.807, 2.05) is 30.5 Å². The van der Waals surface area contributed by atoms with Crippen molar-refractivity contribution in [3.8, 4) is 11.3 Å². The molecule has 3 heterocycles. The molecule has 5 rings (SSSR count). The van der Waals surface area contributed by atoms with Crippen molar-refractivity contribution in [3.05, 3.63) is 75.4 Å². The zero-order valence-corrected chi connectivity index (χ0v) is 19.0. The molecule has 0 unspecified atom stereocenters. The van der Waals surface area contributed by atoms with Gasteiger partial charge in [-0.1, -0.05) is 54.6 Å². The highest BCUT2D eigenvalue weighted by Gasteiger charge is 2.22. The summed E-state index contributed by atoms with van der Waals surface area (Å²) in [6.45, 7) is 2.79. The van der Waals surface area contributed by atoms with Crippen LogP contribution in [-0.2, 0) is 19.5 Å². The molecule has 0 atom stereocenters. The topological polar surface area (TPSA) is 41.9 Å². The summed E-state index contributed by atoms with van der Waals surface area (Å²) in [4.78, 5) is 16.8. The highest BCUT2D eigenvalue weighted by atomic mass is 35.5. The molecule has 1 aliphatic heterocycles. The predicted molar refractivity (Wildman–Crippen MR) is 125 cm³/mol. The summed E-state index contributed by atoms with van der Waals surface area (Å²) in [5, 5.41) is 1.10. The molecule has 6 heteroatoms. The minimum atomic E-state index is 0.547. The summed E-state index contributed by atoms with van der Waals surface area (Å²) >= 11 is 12.2. The number of pyridine rings is 1. The highest BCUT2D eigenvalue weighted by molar-refractivity contribution is 6.42. The second-order valence-corrected chi connectivity index (χ2v) is 9.49. The van der Waals surface area contributed by atoms with Gasteiger partial charge in [0, 0.05) is 61.2 Å². The van der Waals surface area contributed by atoms with Crippen molar-refractivity contribution >= 4 is 23.2 Å². The first-order chi connectivity index (χ1) is 15.2. The van der Waals surface area contributed by atoms with Crippen LogP contribution >= 0.6 is 23.2 Å². The van der Waals surface area contributed by atoms with Crippen LogP contribution in [-0.4, -0.2) is 26.4 Å². The summed E-state index contributed by atoms with van der Waals surface area (Å²) in [6, 6.07) is 9.80. The highest BCUT2D eigenvalue weighted by Crippen LogP contribution is 2.32. The van der Waals surface area contributed by atoms with Crippen molar-refractivity contribution in [2.75, 3.05) is 6.54 Å². The molecule has 0 radical (unpaired) electrons. The molecule has 1 aromatic carbocycles. The second-order valence-electron chi connectivity index (χ2n) is 8.68. The number of halogens is 2. The Bertz CT molecular complexity index is 1060. The van der Waals surface area contributed by atoms with Crippen molar-refractivity contribution in [1.29, 1.82) is 0 Å². The zero-order valence-electron chi connectivity index (χ0n) is 17.5. The smallest absolute Gasteiger partial charge is 0.131 e. The molecule has 0 saturated heterocycles. The van der Waals surface area contributed by atoms with Gasteiger partial charge in [-0.2, -0.15) is 0 Å². The van der Waals surface area contributed by atoms with Gasteiger partial charge < -0.3 is 0 Å². The molecular formula is C25H26Cl2N4. The third-order valence-corrected chi connectivity index (χ3v) is 7.19. The first kappa shape index (κ1) is 20.9. The van der Waals surface area contributed by atoms with Gasteiger partial charge in [-0.05, 0) is 36.6 Å². The van der Waals surface area contributed by atoms with Crippen LogP contribution in [0.4, 0.5) is 0 Å². The Hall–Kier alpha value is -2.01. The van der Waals surface area contributed by atoms with Gasteiger partial charge in [-0.25, -0.2) is 9.97 Å². The molecule has 1 saturated carbocycles. The van der Waals surface area contributed by atoms with Crippen LogP contribution < -0.4 is 0 Å². The maximum Gasteiger partial charge on any atom is 0.131 e. The average Bonchev–Trinajstić information content (AvgIpc) is 2.82. The Morgan fingerprint density at radius 1 is 0.935 bits per heavy atom. The van der Waals surface area contributed by atoms with E-state index in [1.54, 1.807) is 0 Å². The molecule has 1 aliphatic carbocycles. The van der Waals surface area contributed by atoms with Gasteiger partial charge in [0.1, 0.15) is 5.82 Å². The minimum absolute atomic E-state index is 0.547. The fourth-order valence-electron chi connectivity index (χ4n) is 4.68. The molecule has 160 valence electrons. The van der Waals surface area contributed by atoms with E-state index in [-0.39, 0.29) is 0 Å². The van der Waals surface area contributed by atoms with Crippen molar-refractivity contribution in [2.24, 2.45) is 0 Å². The third kappa shape index (κ3) is 4.77. The van der Waals surface area contributed by atoms with Crippen molar-refractivity contribution in [1.82, 2.24) is 19.9 Å². The Morgan fingerprint density at radius 2 is 1.81 bits per heavy atom. The lowest BCUT2D eigenvalue weighted by Gasteiger charge is -2.29. The number of rotatable bonds is 4. The van der Waals surface area contributed by atoms with Gasteiger partial charge in [0.05, 0.1) is 15.7 Å². The van der Waals surface area contributed by atoms with Gasteiger partial charge in [0.15, 0.2) is 0 Å². The van der Waals surface area contributed by atoms with Gasteiger partial charge in [-0.3, -0.25) is 9.88 Å². The molecule has 0 amide bonds. The summed E-state index contributed by atoms with van der Waals surface area (Å²) in [7, 11) is 0. The second kappa shape index (κ2) is 9.23. The maximum atomic E-state index is 6.14. The first-order valence-electron chi connectivity index (χ1n) is 11.1. The van der Waals surface area contributed by atoms with Gasteiger partial charge in [-0.15, -0.1) is 0 Å². The van der Waals surface area contributed by atoms with Crippen LogP contribution in [0.25, 0.3) is 11.3 Å². The molecule has 0 spiro atoms. The van der Waals surface area contributed by atoms with E-state index in [9.17, 15) is 0 Å². The fraction of sp³-hybridized carbons (Fsp3) is 0.400. The quantitative estimate of drug-likeness (QED) is 0.455. The van der Waals surface area contributed by atoms with E-state index in [1.165, 1.54) is 48.9 Å². The van der Waals surface area contributed by atoms with Crippen LogP contribution in [0.15, 0.2) is 42.7 Å². The average molecular weight is 453 g/mol. The SMILES string of the molecule is Clc1ccc(-c2ccc(CN3CCc4nc(C5CCCCC5)ncc4C3)cn2)cc1Cl. The predicted octanol–water partition coefficient (Wildman–Crippen LogP) is 6.45. The Kier molecular flexibility index (Phi) is 6.22. The Morgan fingerprint density at radius 3 is 2.58 bits per heavy atom. The van der Waals surface area contributed by atoms with Gasteiger partial charge in [0.25, 0.3) is 0 Å². The standard InChI is InChI=1S/C25H26Cl2N4/c26-21-8-7-19(12-22(21)27)23-9-6-17(13-28-23)15-31-11-10-24-20(16-31)14-29-25(30-24)18-4-2-1-3-5-18/h6-9,12-14,18H,1-5,10-11,15-16H2. The summed E-state index contributed by atoms with van der Waals surface area (Å²) < 4.78 is 0. The summed E-state index contributed by atoms with van der Waals surface area (Å²) in [5.41, 5.74) is 5.59. The van der Waals surface area contributed by atoms with Crippen molar-refractivity contribution in [3.63, 3.8) is 0 Å². The number of aromatic nitrogens is 3. The normalized spacial score (nSPS) is 17.5. The number of fused-ring (bicyclic) bond motifs is 1. The van der Waals surface area contributed by atoms with Crippen LogP contribution in [0.1, 0.15) is 60.7 Å². The van der Waals surface area contributed by atoms with E-state index in [0.29, 0.717) is 16.0 Å². The van der Waals surface area contributed by atoms with E-state index in [2.05, 4.69) is 22.1 Å². The number of nitrogens with zero attached hydrogens (tertiary/aromatic N) is 4. The molecule has 0 N–H and O–H groups in total. The lowest BCUT2D eigenvalue weighted by atomic mass is 9.88. The number of benzene rings is 1.